The number of hydrogen-bond donors (Lipinski definition) is 4. The highest BCUT2D eigenvalue weighted by atomic mass is 19.2. The summed E-state index contributed by atoms with van der Waals surface area (Å²) in [4.78, 5) is 63.1. The van der Waals surface area contributed by atoms with E-state index in [9.17, 15) is 32.8 Å². The average Bonchev–Trinajstić information content (AvgIpc) is 3.56. The van der Waals surface area contributed by atoms with Gasteiger partial charge in [-0.3, -0.25) is 19.2 Å². The van der Waals surface area contributed by atoms with Gasteiger partial charge in [0.1, 0.15) is 17.5 Å². The fraction of sp³-hybridized carbons (Fsp3) is 0.286. The third-order valence-corrected chi connectivity index (χ3v) is 6.63. The number of carbonyl (C=O) groups excluding carboxylic acids is 3. The standard InChI is InChI=1S/C28H27F2N5O7/c1-15-11-22(34-42-15)26(39)33-21-3-2-10-35(28(21)41)23(13-16-4-6-19(29)20(30)12-16)27(40)32-18(5-7-24(36)37)14-17-8-9-31-25(17)38/h2-7,10-12,17-18,23H,8-9,13-14H2,1H3,(H,31,38)(H,32,40)(H,33,39)(H,36,37)/t17-,18+,23-/m0/s1. The quantitative estimate of drug-likeness (QED) is 0.249. The Balaban J connectivity index is 1.67. The first kappa shape index (κ1) is 29.8. The normalized spacial score (nSPS) is 16.2. The molecule has 3 heterocycles. The summed E-state index contributed by atoms with van der Waals surface area (Å²) >= 11 is 0. The molecule has 2 aromatic heterocycles. The van der Waals surface area contributed by atoms with E-state index < -0.39 is 53.0 Å². The van der Waals surface area contributed by atoms with Crippen molar-refractivity contribution in [1.82, 2.24) is 20.4 Å². The molecule has 220 valence electrons. The summed E-state index contributed by atoms with van der Waals surface area (Å²) in [6.07, 6.45) is 3.63. The number of aliphatic carboxylic acids is 1. The fourth-order valence-electron chi connectivity index (χ4n) is 4.56. The fourth-order valence-corrected chi connectivity index (χ4v) is 4.56. The van der Waals surface area contributed by atoms with Gasteiger partial charge in [-0.2, -0.15) is 0 Å². The summed E-state index contributed by atoms with van der Waals surface area (Å²) in [5.41, 5.74) is -0.888. The van der Waals surface area contributed by atoms with E-state index in [-0.39, 0.29) is 35.7 Å². The van der Waals surface area contributed by atoms with Gasteiger partial charge in [0, 0.05) is 43.3 Å². The molecule has 1 aromatic carbocycles. The van der Waals surface area contributed by atoms with E-state index in [0.29, 0.717) is 18.7 Å². The van der Waals surface area contributed by atoms with Gasteiger partial charge in [-0.15, -0.1) is 0 Å². The molecule has 4 rings (SSSR count). The Hall–Kier alpha value is -5.14. The highest BCUT2D eigenvalue weighted by Crippen LogP contribution is 2.20. The molecule has 3 amide bonds. The lowest BCUT2D eigenvalue weighted by Gasteiger charge is -2.24. The zero-order valence-corrected chi connectivity index (χ0v) is 22.3. The van der Waals surface area contributed by atoms with Crippen molar-refractivity contribution in [2.45, 2.75) is 38.3 Å². The summed E-state index contributed by atoms with van der Waals surface area (Å²) in [6.45, 7) is 2.02. The summed E-state index contributed by atoms with van der Waals surface area (Å²) in [7, 11) is 0. The maximum atomic E-state index is 14.0. The van der Waals surface area contributed by atoms with Crippen LogP contribution in [0, 0.1) is 24.5 Å². The number of amides is 3. The molecule has 0 radical (unpaired) electrons. The molecule has 4 N–H and O–H groups in total. The molecule has 0 spiro atoms. The Bertz CT molecular complexity index is 1600. The number of pyridine rings is 1. The van der Waals surface area contributed by atoms with Crippen LogP contribution in [0.2, 0.25) is 0 Å². The Morgan fingerprint density at radius 2 is 2.00 bits per heavy atom. The number of nitrogens with one attached hydrogen (secondary N) is 3. The molecule has 0 saturated carbocycles. The molecule has 1 saturated heterocycles. The predicted octanol–water partition coefficient (Wildman–Crippen LogP) is 2.11. The minimum absolute atomic E-state index is 0.0811. The van der Waals surface area contributed by atoms with Crippen LogP contribution in [0.25, 0.3) is 0 Å². The lowest BCUT2D eigenvalue weighted by atomic mass is 9.97. The van der Waals surface area contributed by atoms with E-state index in [0.717, 1.165) is 22.8 Å². The smallest absolute Gasteiger partial charge is 0.328 e. The molecule has 0 unspecified atom stereocenters. The van der Waals surface area contributed by atoms with Crippen LogP contribution in [0.15, 0.2) is 64.1 Å². The monoisotopic (exact) mass is 583 g/mol. The Labute approximate surface area is 237 Å². The van der Waals surface area contributed by atoms with Crippen LogP contribution < -0.4 is 21.5 Å². The van der Waals surface area contributed by atoms with Gasteiger partial charge in [0.05, 0.1) is 0 Å². The van der Waals surface area contributed by atoms with Gasteiger partial charge in [-0.25, -0.2) is 13.6 Å². The van der Waals surface area contributed by atoms with Gasteiger partial charge in [-0.1, -0.05) is 17.3 Å². The third-order valence-electron chi connectivity index (χ3n) is 6.63. The lowest BCUT2D eigenvalue weighted by Crippen LogP contribution is -2.43. The highest BCUT2D eigenvalue weighted by Gasteiger charge is 2.30. The first-order valence-corrected chi connectivity index (χ1v) is 12.9. The number of halogens is 2. The summed E-state index contributed by atoms with van der Waals surface area (Å²) in [6, 6.07) is 4.85. The number of carboxylic acid groups (broad SMARTS) is 1. The van der Waals surface area contributed by atoms with Crippen molar-refractivity contribution in [3.8, 4) is 0 Å². The van der Waals surface area contributed by atoms with Crippen LogP contribution >= 0.6 is 0 Å². The second-order valence-electron chi connectivity index (χ2n) is 9.70. The SMILES string of the molecule is Cc1cc(C(=O)Nc2cccn([C@@H](Cc3ccc(F)c(F)c3)C(=O)N[C@H](C=CC(=O)O)C[C@@H]3CCNC3=O)c2=O)no1. The average molecular weight is 584 g/mol. The van der Waals surface area contributed by atoms with Gasteiger partial charge in [0.2, 0.25) is 11.8 Å². The van der Waals surface area contributed by atoms with Gasteiger partial charge in [-0.05, 0) is 49.6 Å². The summed E-state index contributed by atoms with van der Waals surface area (Å²) in [5.74, 6) is -5.39. The Morgan fingerprint density at radius 1 is 1.21 bits per heavy atom. The number of benzene rings is 1. The number of hydrogen-bond acceptors (Lipinski definition) is 7. The topological polar surface area (TPSA) is 173 Å². The molecule has 1 aliphatic rings. The zero-order chi connectivity index (χ0) is 30.4. The van der Waals surface area contributed by atoms with Crippen LogP contribution in [0.3, 0.4) is 0 Å². The molecule has 14 heteroatoms. The number of rotatable bonds is 11. The van der Waals surface area contributed by atoms with Crippen molar-refractivity contribution in [3.63, 3.8) is 0 Å². The molecule has 0 bridgehead atoms. The minimum Gasteiger partial charge on any atom is -0.478 e. The van der Waals surface area contributed by atoms with Gasteiger partial charge in [0.25, 0.3) is 11.5 Å². The first-order valence-electron chi connectivity index (χ1n) is 12.9. The molecular weight excluding hydrogens is 556 g/mol. The molecule has 3 atom stereocenters. The van der Waals surface area contributed by atoms with Crippen molar-refractivity contribution in [2.24, 2.45) is 5.92 Å². The van der Waals surface area contributed by atoms with Crippen molar-refractivity contribution >= 4 is 29.4 Å². The van der Waals surface area contributed by atoms with Crippen molar-refractivity contribution in [2.75, 3.05) is 11.9 Å². The van der Waals surface area contributed by atoms with Gasteiger partial charge < -0.3 is 30.1 Å². The number of aromatic nitrogens is 2. The van der Waals surface area contributed by atoms with E-state index in [1.807, 2.05) is 0 Å². The molecule has 42 heavy (non-hydrogen) atoms. The molecule has 1 aliphatic heterocycles. The van der Waals surface area contributed by atoms with Crippen LogP contribution in [-0.4, -0.2) is 51.1 Å². The van der Waals surface area contributed by atoms with E-state index >= 15 is 0 Å². The largest absolute Gasteiger partial charge is 0.478 e. The van der Waals surface area contributed by atoms with Crippen molar-refractivity contribution in [3.05, 3.63) is 93.8 Å². The molecule has 0 aliphatic carbocycles. The van der Waals surface area contributed by atoms with E-state index in [4.69, 9.17) is 9.63 Å². The summed E-state index contributed by atoms with van der Waals surface area (Å²) in [5, 5.41) is 20.5. The number of aryl methyl sites for hydroxylation is 1. The molecule has 1 fully saturated rings. The second kappa shape index (κ2) is 13.0. The Kier molecular flexibility index (Phi) is 9.25. The highest BCUT2D eigenvalue weighted by molar-refractivity contribution is 6.02. The second-order valence-corrected chi connectivity index (χ2v) is 9.70. The predicted molar refractivity (Wildman–Crippen MR) is 143 cm³/mol. The summed E-state index contributed by atoms with van der Waals surface area (Å²) < 4.78 is 33.5. The van der Waals surface area contributed by atoms with Crippen LogP contribution in [-0.2, 0) is 20.8 Å². The number of nitrogens with zero attached hydrogens (tertiary/aromatic N) is 2. The first-order chi connectivity index (χ1) is 20.0. The zero-order valence-electron chi connectivity index (χ0n) is 22.3. The third kappa shape index (κ3) is 7.33. The molecule has 3 aromatic rings. The minimum atomic E-state index is -1.35. The number of carboxylic acids is 1. The van der Waals surface area contributed by atoms with E-state index in [1.165, 1.54) is 36.5 Å². The van der Waals surface area contributed by atoms with Crippen molar-refractivity contribution < 1.29 is 37.6 Å². The van der Waals surface area contributed by atoms with Crippen LogP contribution in [0.4, 0.5) is 14.5 Å². The van der Waals surface area contributed by atoms with Crippen molar-refractivity contribution in [1.29, 1.82) is 0 Å². The molecular formula is C28H27F2N5O7. The maximum absolute atomic E-state index is 14.0. The van der Waals surface area contributed by atoms with Gasteiger partial charge >= 0.3 is 5.97 Å². The van der Waals surface area contributed by atoms with E-state index in [2.05, 4.69) is 21.1 Å². The number of carbonyl (C=O) groups is 4. The number of anilines is 1. The van der Waals surface area contributed by atoms with Gasteiger partial charge in [0.15, 0.2) is 17.3 Å². The lowest BCUT2D eigenvalue weighted by molar-refractivity contribution is -0.131. The Morgan fingerprint density at radius 3 is 2.64 bits per heavy atom. The van der Waals surface area contributed by atoms with Crippen LogP contribution in [0.1, 0.15) is 40.7 Å². The van der Waals surface area contributed by atoms with Crippen LogP contribution in [0.5, 0.6) is 0 Å². The maximum Gasteiger partial charge on any atom is 0.328 e. The van der Waals surface area contributed by atoms with E-state index in [1.54, 1.807) is 6.92 Å². The molecule has 12 nitrogen and oxygen atoms in total.